The standard InChI is InChI=1S/C54H71F27O7/c55-43(56,46(61,62)49(67,68)52(73,74)75)22-16-10-4-1-7-13-19-37-33-39(42(82)88-36-40-35-86-30-29-84-26-25-83-27-28-85-31-32-87-40)34-38(20-14-8-2-5-11-17-23-44(57,58)47(63,64)50(69,70)53(76,77)78)41(37)21-15-9-3-6-12-18-24-45(59,60)48(65,66)51(71,72)54(79,80)81/h33-34,40H,1-32,35-36H2. The first-order chi connectivity index (χ1) is 40.4. The fourth-order valence-electron chi connectivity index (χ4n) is 9.02. The predicted octanol–water partition coefficient (Wildman–Crippen LogP) is 18.5. The average molecular weight is 1350 g/mol. The van der Waals surface area contributed by atoms with E-state index >= 15 is 0 Å². The molecule has 518 valence electrons. The Morgan fingerprint density at radius 3 is 0.943 bits per heavy atom. The van der Waals surface area contributed by atoms with Gasteiger partial charge in [-0.05, 0) is 86.6 Å². The van der Waals surface area contributed by atoms with Gasteiger partial charge in [-0.2, -0.15) is 119 Å². The average Bonchev–Trinajstić information content (AvgIpc) is 0.836. The highest BCUT2D eigenvalue weighted by molar-refractivity contribution is 5.90. The Balaban J connectivity index is 2.38. The Labute approximate surface area is 489 Å². The van der Waals surface area contributed by atoms with Crippen LogP contribution >= 0.6 is 0 Å². The molecule has 7 nitrogen and oxygen atoms in total. The monoisotopic (exact) mass is 1340 g/mol. The maximum atomic E-state index is 14.1. The molecule has 1 atom stereocenters. The number of alkyl halides is 27. The van der Waals surface area contributed by atoms with Crippen molar-refractivity contribution in [1.82, 2.24) is 0 Å². The first-order valence-corrected chi connectivity index (χ1v) is 28.2. The second-order valence-corrected chi connectivity index (χ2v) is 21.2. The van der Waals surface area contributed by atoms with E-state index in [1.807, 2.05) is 0 Å². The van der Waals surface area contributed by atoms with Gasteiger partial charge in [0.25, 0.3) is 0 Å². The molecule has 1 aliphatic heterocycles. The lowest BCUT2D eigenvalue weighted by molar-refractivity contribution is -0.396. The van der Waals surface area contributed by atoms with Crippen molar-refractivity contribution >= 4 is 5.97 Å². The van der Waals surface area contributed by atoms with Gasteiger partial charge in [-0.25, -0.2) is 4.79 Å². The summed E-state index contributed by atoms with van der Waals surface area (Å²) >= 11 is 0. The minimum Gasteiger partial charge on any atom is -0.459 e. The van der Waals surface area contributed by atoms with Crippen molar-refractivity contribution in [2.24, 2.45) is 0 Å². The summed E-state index contributed by atoms with van der Waals surface area (Å²) in [7, 11) is 0. The maximum Gasteiger partial charge on any atom is 0.460 e. The lowest BCUT2D eigenvalue weighted by Crippen LogP contribution is -2.60. The number of hydrogen-bond donors (Lipinski definition) is 0. The van der Waals surface area contributed by atoms with Crippen molar-refractivity contribution in [3.63, 3.8) is 0 Å². The summed E-state index contributed by atoms with van der Waals surface area (Å²) in [6.07, 6.45) is -29.4. The molecule has 1 saturated heterocycles. The largest absolute Gasteiger partial charge is 0.460 e. The lowest BCUT2D eigenvalue weighted by atomic mass is 9.88. The van der Waals surface area contributed by atoms with Crippen LogP contribution in [-0.4, -0.2) is 150 Å². The van der Waals surface area contributed by atoms with E-state index in [9.17, 15) is 123 Å². The summed E-state index contributed by atoms with van der Waals surface area (Å²) in [4.78, 5) is 13.9. The topological polar surface area (TPSA) is 72.5 Å². The van der Waals surface area contributed by atoms with Gasteiger partial charge in [-0.1, -0.05) is 77.0 Å². The Hall–Kier alpha value is -3.40. The quantitative estimate of drug-likeness (QED) is 0.0377. The maximum absolute atomic E-state index is 14.1. The molecular formula is C54H71F27O7. The Morgan fingerprint density at radius 1 is 0.352 bits per heavy atom. The SMILES string of the molecule is O=C(OCC1COCCOCCOCCOCCO1)c1cc(CCCCCCCCC(F)(F)C(F)(F)C(F)(F)C(F)(F)F)c(CCCCCCCCC(F)(F)C(F)(F)C(F)(F)C(F)(F)F)c(CCCCCCCCC(F)(F)C(F)(F)C(F)(F)C(F)(F)F)c1. The molecule has 0 bridgehead atoms. The van der Waals surface area contributed by atoms with Gasteiger partial charge >= 0.3 is 77.8 Å². The summed E-state index contributed by atoms with van der Waals surface area (Å²) in [6, 6.07) is 2.90. The number of unbranched alkanes of at least 4 members (excludes halogenated alkanes) is 15. The molecule has 1 heterocycles. The molecule has 1 aromatic rings. The van der Waals surface area contributed by atoms with Crippen LogP contribution in [0.3, 0.4) is 0 Å². The summed E-state index contributed by atoms with van der Waals surface area (Å²) in [5, 5.41) is 0. The van der Waals surface area contributed by atoms with Crippen molar-refractivity contribution in [2.75, 3.05) is 66.1 Å². The van der Waals surface area contributed by atoms with E-state index in [0.717, 1.165) is 0 Å². The number of halogens is 27. The molecule has 1 unspecified atom stereocenters. The number of carbonyl (C=O) groups excluding carboxylic acids is 1. The summed E-state index contributed by atoms with van der Waals surface area (Å²) in [6.45, 7) is 0.888. The molecule has 88 heavy (non-hydrogen) atoms. The lowest BCUT2D eigenvalue weighted by Gasteiger charge is -2.33. The van der Waals surface area contributed by atoms with E-state index in [0.29, 0.717) is 16.7 Å². The summed E-state index contributed by atoms with van der Waals surface area (Å²) < 4.78 is 394. The molecule has 34 heteroatoms. The number of aryl methyl sites for hydroxylation is 2. The first-order valence-electron chi connectivity index (χ1n) is 28.2. The molecule has 1 aliphatic rings. The number of rotatable bonds is 36. The zero-order valence-corrected chi connectivity index (χ0v) is 47.3. The number of benzene rings is 1. The van der Waals surface area contributed by atoms with Crippen LogP contribution in [0.15, 0.2) is 12.1 Å². The van der Waals surface area contributed by atoms with Gasteiger partial charge < -0.3 is 28.4 Å². The highest BCUT2D eigenvalue weighted by Crippen LogP contribution is 2.57. The van der Waals surface area contributed by atoms with Crippen molar-refractivity contribution in [1.29, 1.82) is 0 Å². The van der Waals surface area contributed by atoms with Crippen LogP contribution < -0.4 is 0 Å². The fourth-order valence-corrected chi connectivity index (χ4v) is 9.02. The van der Waals surface area contributed by atoms with E-state index in [-0.39, 0.29) is 181 Å². The number of ether oxygens (including phenoxy) is 6. The molecule has 0 amide bonds. The molecule has 0 aliphatic carbocycles. The van der Waals surface area contributed by atoms with Crippen molar-refractivity contribution in [2.45, 2.75) is 232 Å². The zero-order valence-electron chi connectivity index (χ0n) is 47.3. The number of esters is 1. The van der Waals surface area contributed by atoms with Gasteiger partial charge in [0.2, 0.25) is 0 Å². The number of hydrogen-bond acceptors (Lipinski definition) is 7. The normalized spacial score (nSPS) is 17.2. The van der Waals surface area contributed by atoms with Crippen LogP contribution in [0, 0.1) is 0 Å². The van der Waals surface area contributed by atoms with Crippen LogP contribution in [0.5, 0.6) is 0 Å². The smallest absolute Gasteiger partial charge is 0.459 e. The molecule has 1 aromatic carbocycles. The highest BCUT2D eigenvalue weighted by Gasteiger charge is 2.83. The van der Waals surface area contributed by atoms with Gasteiger partial charge in [0.05, 0.1) is 65.0 Å². The molecule has 0 aromatic heterocycles. The van der Waals surface area contributed by atoms with Crippen molar-refractivity contribution in [3.05, 3.63) is 34.4 Å². The Morgan fingerprint density at radius 2 is 0.625 bits per heavy atom. The van der Waals surface area contributed by atoms with Crippen LogP contribution in [0.4, 0.5) is 119 Å². The molecule has 0 N–H and O–H groups in total. The Kier molecular flexibility index (Phi) is 31.6. The van der Waals surface area contributed by atoms with Gasteiger partial charge in [0.1, 0.15) is 12.7 Å². The van der Waals surface area contributed by atoms with Crippen molar-refractivity contribution in [3.8, 4) is 0 Å². The van der Waals surface area contributed by atoms with Crippen LogP contribution in [0.1, 0.15) is 162 Å². The Bertz CT molecular complexity index is 2070. The predicted molar refractivity (Wildman–Crippen MR) is 260 cm³/mol. The number of carbonyl (C=O) groups is 1. The van der Waals surface area contributed by atoms with Gasteiger partial charge in [0, 0.05) is 19.3 Å². The van der Waals surface area contributed by atoms with Crippen LogP contribution in [0.25, 0.3) is 0 Å². The van der Waals surface area contributed by atoms with Gasteiger partial charge in [0.15, 0.2) is 0 Å². The van der Waals surface area contributed by atoms with E-state index in [4.69, 9.17) is 28.4 Å². The van der Waals surface area contributed by atoms with Crippen LogP contribution in [-0.2, 0) is 47.7 Å². The molecule has 2 rings (SSSR count). The van der Waals surface area contributed by atoms with E-state index < -0.39 is 129 Å². The van der Waals surface area contributed by atoms with E-state index in [1.54, 1.807) is 0 Å². The van der Waals surface area contributed by atoms with Crippen LogP contribution in [0.2, 0.25) is 0 Å². The molecule has 0 saturated carbocycles. The molecule has 0 radical (unpaired) electrons. The third-order valence-electron chi connectivity index (χ3n) is 14.2. The highest BCUT2D eigenvalue weighted by atomic mass is 19.4. The minimum atomic E-state index is -7.06. The first kappa shape index (κ1) is 80.7. The summed E-state index contributed by atoms with van der Waals surface area (Å²) in [5.41, 5.74) is 1.47. The molecular weight excluding hydrogens is 1270 g/mol. The molecule has 0 spiro atoms. The zero-order chi connectivity index (χ0) is 67.2. The van der Waals surface area contributed by atoms with Gasteiger partial charge in [-0.15, -0.1) is 0 Å². The fraction of sp³-hybridized carbons (Fsp3) is 0.870. The second-order valence-electron chi connectivity index (χ2n) is 21.2. The molecule has 1 fully saturated rings. The van der Waals surface area contributed by atoms with E-state index in [2.05, 4.69) is 0 Å². The summed E-state index contributed by atoms with van der Waals surface area (Å²) in [5.74, 6) is -59.7. The van der Waals surface area contributed by atoms with E-state index in [1.165, 1.54) is 12.1 Å². The third kappa shape index (κ3) is 22.7. The second kappa shape index (κ2) is 34.5. The minimum absolute atomic E-state index is 0.00642. The van der Waals surface area contributed by atoms with Crippen molar-refractivity contribution < 1.29 is 152 Å². The third-order valence-corrected chi connectivity index (χ3v) is 14.2. The van der Waals surface area contributed by atoms with Gasteiger partial charge in [-0.3, -0.25) is 0 Å².